The number of benzene rings is 2. The monoisotopic (exact) mass is 339 g/mol. The number of pyridine rings is 1. The fourth-order valence-electron chi connectivity index (χ4n) is 2.41. The third-order valence-electron chi connectivity index (χ3n) is 3.57. The Morgan fingerprint density at radius 1 is 1.08 bits per heavy atom. The Bertz CT molecular complexity index is 929. The van der Waals surface area contributed by atoms with Crippen LogP contribution in [0, 0.1) is 11.3 Å². The Labute approximate surface area is 144 Å². The average molecular weight is 340 g/mol. The highest BCUT2D eigenvalue weighted by Crippen LogP contribution is 2.33. The van der Waals surface area contributed by atoms with E-state index in [4.69, 9.17) is 21.1 Å². The van der Waals surface area contributed by atoms with Crippen molar-refractivity contribution in [1.29, 1.82) is 5.26 Å². The van der Waals surface area contributed by atoms with Crippen molar-refractivity contribution in [2.24, 2.45) is 0 Å². The summed E-state index contributed by atoms with van der Waals surface area (Å²) in [6.45, 7) is 0. The first-order valence-electron chi connectivity index (χ1n) is 7.13. The molecule has 6 heteroatoms. The molecular weight excluding hydrogens is 326 g/mol. The molecule has 5 nitrogen and oxygen atoms in total. The van der Waals surface area contributed by atoms with Crippen LogP contribution < -0.4 is 14.8 Å². The van der Waals surface area contributed by atoms with Crippen molar-refractivity contribution in [2.75, 3.05) is 19.5 Å². The van der Waals surface area contributed by atoms with Crippen molar-refractivity contribution in [3.8, 4) is 17.6 Å². The molecule has 120 valence electrons. The molecule has 0 saturated heterocycles. The maximum atomic E-state index is 9.41. The number of hydrogen-bond donors (Lipinski definition) is 1. The molecular formula is C18H14ClN3O2. The number of rotatable bonds is 4. The van der Waals surface area contributed by atoms with Crippen LogP contribution in [0.4, 0.5) is 11.4 Å². The van der Waals surface area contributed by atoms with Gasteiger partial charge in [0.1, 0.15) is 17.6 Å². The maximum absolute atomic E-state index is 9.41. The van der Waals surface area contributed by atoms with E-state index in [0.717, 1.165) is 16.6 Å². The van der Waals surface area contributed by atoms with Gasteiger partial charge < -0.3 is 14.8 Å². The van der Waals surface area contributed by atoms with Crippen LogP contribution in [0.5, 0.6) is 11.5 Å². The van der Waals surface area contributed by atoms with Gasteiger partial charge in [-0.25, -0.2) is 0 Å². The molecule has 0 aliphatic heterocycles. The van der Waals surface area contributed by atoms with Crippen LogP contribution in [-0.2, 0) is 0 Å². The highest BCUT2D eigenvalue weighted by Gasteiger charge is 2.11. The van der Waals surface area contributed by atoms with Gasteiger partial charge in [-0.3, -0.25) is 4.98 Å². The van der Waals surface area contributed by atoms with Crippen molar-refractivity contribution in [1.82, 2.24) is 4.98 Å². The maximum Gasteiger partial charge on any atom is 0.124 e. The van der Waals surface area contributed by atoms with Gasteiger partial charge in [-0.05, 0) is 18.2 Å². The van der Waals surface area contributed by atoms with E-state index in [2.05, 4.69) is 16.4 Å². The number of methoxy groups -OCH3 is 2. The van der Waals surface area contributed by atoms with Gasteiger partial charge in [0.2, 0.25) is 0 Å². The molecule has 0 aliphatic rings. The highest BCUT2D eigenvalue weighted by molar-refractivity contribution is 6.31. The molecule has 1 aromatic heterocycles. The predicted octanol–water partition coefficient (Wildman–Crippen LogP) is 4.52. The normalized spacial score (nSPS) is 10.2. The van der Waals surface area contributed by atoms with Gasteiger partial charge in [-0.15, -0.1) is 0 Å². The second kappa shape index (κ2) is 6.65. The molecule has 1 heterocycles. The van der Waals surface area contributed by atoms with Crippen LogP contribution in [-0.4, -0.2) is 19.2 Å². The van der Waals surface area contributed by atoms with E-state index in [1.807, 2.05) is 18.2 Å². The van der Waals surface area contributed by atoms with Crippen molar-refractivity contribution in [3.05, 3.63) is 53.2 Å². The van der Waals surface area contributed by atoms with Crippen LogP contribution >= 0.6 is 11.6 Å². The summed E-state index contributed by atoms with van der Waals surface area (Å²) in [5, 5.41) is 14.0. The Kier molecular flexibility index (Phi) is 4.41. The molecule has 0 amide bonds. The molecule has 2 aromatic carbocycles. The third-order valence-corrected chi connectivity index (χ3v) is 3.81. The van der Waals surface area contributed by atoms with Crippen LogP contribution in [0.1, 0.15) is 5.56 Å². The van der Waals surface area contributed by atoms with Gasteiger partial charge in [-0.2, -0.15) is 5.26 Å². The van der Waals surface area contributed by atoms with Gasteiger partial charge in [0.15, 0.2) is 0 Å². The molecule has 0 fully saturated rings. The Balaban J connectivity index is 2.16. The van der Waals surface area contributed by atoms with E-state index in [1.165, 1.54) is 6.20 Å². The fourth-order valence-corrected chi connectivity index (χ4v) is 2.58. The SMILES string of the molecule is COc1cc(Nc2c(C#N)cnc3ccc(Cl)cc23)cc(OC)c1. The lowest BCUT2D eigenvalue weighted by Gasteiger charge is -2.14. The van der Waals surface area contributed by atoms with Gasteiger partial charge in [0, 0.05) is 40.5 Å². The van der Waals surface area contributed by atoms with Gasteiger partial charge in [-0.1, -0.05) is 11.6 Å². The van der Waals surface area contributed by atoms with Crippen molar-refractivity contribution in [2.45, 2.75) is 0 Å². The van der Waals surface area contributed by atoms with Crippen molar-refractivity contribution in [3.63, 3.8) is 0 Å². The molecule has 0 unspecified atom stereocenters. The van der Waals surface area contributed by atoms with E-state index in [9.17, 15) is 5.26 Å². The first-order chi connectivity index (χ1) is 11.6. The predicted molar refractivity (Wildman–Crippen MR) is 94.3 cm³/mol. The zero-order chi connectivity index (χ0) is 17.1. The largest absolute Gasteiger partial charge is 0.497 e. The molecule has 0 radical (unpaired) electrons. The number of nitriles is 1. The quantitative estimate of drug-likeness (QED) is 0.756. The smallest absolute Gasteiger partial charge is 0.124 e. The summed E-state index contributed by atoms with van der Waals surface area (Å²) in [7, 11) is 3.17. The minimum absolute atomic E-state index is 0.423. The summed E-state index contributed by atoms with van der Waals surface area (Å²) in [6, 6.07) is 12.9. The summed E-state index contributed by atoms with van der Waals surface area (Å²) < 4.78 is 10.6. The molecule has 24 heavy (non-hydrogen) atoms. The Morgan fingerprint density at radius 3 is 2.42 bits per heavy atom. The summed E-state index contributed by atoms with van der Waals surface area (Å²) in [4.78, 5) is 4.29. The Morgan fingerprint density at radius 2 is 1.79 bits per heavy atom. The molecule has 0 atom stereocenters. The lowest BCUT2D eigenvalue weighted by Crippen LogP contribution is -1.98. The summed E-state index contributed by atoms with van der Waals surface area (Å²) in [5.41, 5.74) is 2.54. The molecule has 1 N–H and O–H groups in total. The number of nitrogens with zero attached hydrogens (tertiary/aromatic N) is 2. The lowest BCUT2D eigenvalue weighted by molar-refractivity contribution is 0.395. The zero-order valence-electron chi connectivity index (χ0n) is 13.1. The highest BCUT2D eigenvalue weighted by atomic mass is 35.5. The van der Waals surface area contributed by atoms with Crippen LogP contribution in [0.15, 0.2) is 42.6 Å². The Hall–Kier alpha value is -2.97. The minimum atomic E-state index is 0.423. The first kappa shape index (κ1) is 15.9. The van der Waals surface area contributed by atoms with Crippen LogP contribution in [0.3, 0.4) is 0 Å². The summed E-state index contributed by atoms with van der Waals surface area (Å²) in [5.74, 6) is 1.29. The van der Waals surface area contributed by atoms with Gasteiger partial charge >= 0.3 is 0 Å². The van der Waals surface area contributed by atoms with E-state index in [1.54, 1.807) is 32.4 Å². The molecule has 3 rings (SSSR count). The van der Waals surface area contributed by atoms with Crippen molar-refractivity contribution < 1.29 is 9.47 Å². The number of anilines is 2. The molecule has 0 bridgehead atoms. The number of hydrogen-bond acceptors (Lipinski definition) is 5. The van der Waals surface area contributed by atoms with Crippen LogP contribution in [0.25, 0.3) is 10.9 Å². The first-order valence-corrected chi connectivity index (χ1v) is 7.51. The van der Waals surface area contributed by atoms with Crippen molar-refractivity contribution >= 4 is 33.9 Å². The second-order valence-electron chi connectivity index (χ2n) is 5.05. The standard InChI is InChI=1S/C18H14ClN3O2/c1-23-14-6-13(7-15(8-14)24-2)22-18-11(9-20)10-21-17-4-3-12(19)5-16(17)18/h3-8,10H,1-2H3,(H,21,22). The third kappa shape index (κ3) is 3.05. The summed E-state index contributed by atoms with van der Waals surface area (Å²) in [6.07, 6.45) is 1.54. The molecule has 3 aromatic rings. The number of halogens is 1. The van der Waals surface area contributed by atoms with Gasteiger partial charge in [0.05, 0.1) is 31.0 Å². The molecule has 0 aliphatic carbocycles. The molecule has 0 saturated carbocycles. The van der Waals surface area contributed by atoms with E-state index in [0.29, 0.717) is 27.8 Å². The number of fused-ring (bicyclic) bond motifs is 1. The van der Waals surface area contributed by atoms with E-state index in [-0.39, 0.29) is 0 Å². The molecule has 0 spiro atoms. The van der Waals surface area contributed by atoms with Crippen LogP contribution in [0.2, 0.25) is 5.02 Å². The average Bonchev–Trinajstić information content (AvgIpc) is 2.61. The summed E-state index contributed by atoms with van der Waals surface area (Å²) >= 11 is 6.11. The second-order valence-corrected chi connectivity index (χ2v) is 5.48. The zero-order valence-corrected chi connectivity index (χ0v) is 13.9. The fraction of sp³-hybridized carbons (Fsp3) is 0.111. The van der Waals surface area contributed by atoms with E-state index >= 15 is 0 Å². The number of aromatic nitrogens is 1. The lowest BCUT2D eigenvalue weighted by atomic mass is 10.1. The number of nitrogens with one attached hydrogen (secondary N) is 1. The van der Waals surface area contributed by atoms with E-state index < -0.39 is 0 Å². The van der Waals surface area contributed by atoms with Gasteiger partial charge in [0.25, 0.3) is 0 Å². The number of ether oxygens (including phenoxy) is 2. The topological polar surface area (TPSA) is 67.2 Å². The minimum Gasteiger partial charge on any atom is -0.497 e.